The van der Waals surface area contributed by atoms with E-state index in [9.17, 15) is 4.79 Å². The molecule has 1 N–H and O–H groups in total. The molecule has 2 aromatic rings. The minimum Gasteiger partial charge on any atom is -0.383 e. The Labute approximate surface area is 250 Å². The third-order valence-electron chi connectivity index (χ3n) is 7.37. The molecule has 2 unspecified atom stereocenters. The first-order chi connectivity index (χ1) is 20.0. The van der Waals surface area contributed by atoms with Crippen molar-refractivity contribution >= 4 is 28.9 Å². The van der Waals surface area contributed by atoms with E-state index in [1.165, 1.54) is 6.92 Å². The number of nitrogens with one attached hydrogen (secondary N) is 1. The molecule has 0 saturated carbocycles. The van der Waals surface area contributed by atoms with Crippen molar-refractivity contribution in [3.8, 4) is 11.3 Å². The Morgan fingerprint density at radius 2 is 1.98 bits per heavy atom. The van der Waals surface area contributed by atoms with E-state index in [1.807, 2.05) is 74.6 Å². The molecule has 0 bridgehead atoms. The molecule has 1 aromatic carbocycles. The van der Waals surface area contributed by atoms with Gasteiger partial charge in [-0.05, 0) is 86.8 Å². The summed E-state index contributed by atoms with van der Waals surface area (Å²) in [6, 6.07) is 12.0. The number of ketones is 1. The highest BCUT2D eigenvalue weighted by atomic mass is 19.1. The second-order valence-electron chi connectivity index (χ2n) is 11.1. The van der Waals surface area contributed by atoms with E-state index < -0.39 is 6.17 Å². The molecule has 42 heavy (non-hydrogen) atoms. The molecule has 0 radical (unpaired) electrons. The Hall–Kier alpha value is -4.19. The number of halogens is 1. The van der Waals surface area contributed by atoms with Crippen molar-refractivity contribution in [3.05, 3.63) is 102 Å². The fraction of sp³-hybridized carbons (Fsp3) is 0.333. The van der Waals surface area contributed by atoms with E-state index in [0.29, 0.717) is 42.7 Å². The van der Waals surface area contributed by atoms with E-state index in [4.69, 9.17) is 10.4 Å². The van der Waals surface area contributed by atoms with Gasteiger partial charge in [-0.3, -0.25) is 9.79 Å². The van der Waals surface area contributed by atoms with Crippen LogP contribution < -0.4 is 0 Å². The van der Waals surface area contributed by atoms with Crippen molar-refractivity contribution in [1.29, 1.82) is 5.41 Å². The van der Waals surface area contributed by atoms with Crippen LogP contribution in [0.4, 0.5) is 4.39 Å². The van der Waals surface area contributed by atoms with Gasteiger partial charge in [0, 0.05) is 50.3 Å². The highest BCUT2D eigenvalue weighted by Gasteiger charge is 2.25. The normalized spacial score (nSPS) is 17.9. The number of aliphatic imine (C=N–C) groups is 1. The molecule has 5 nitrogen and oxygen atoms in total. The molecule has 2 atom stereocenters. The average molecular weight is 567 g/mol. The summed E-state index contributed by atoms with van der Waals surface area (Å²) in [6.07, 6.45) is 10.6. The lowest BCUT2D eigenvalue weighted by molar-refractivity contribution is -0.113. The van der Waals surface area contributed by atoms with Crippen LogP contribution in [0, 0.1) is 11.3 Å². The number of carbonyl (C=O) groups excluding carboxylic acids is 1. The van der Waals surface area contributed by atoms with Gasteiger partial charge >= 0.3 is 0 Å². The maximum Gasteiger partial charge on any atom is 0.155 e. The molecule has 1 heterocycles. The van der Waals surface area contributed by atoms with Crippen molar-refractivity contribution in [1.82, 2.24) is 9.88 Å². The maximum absolute atomic E-state index is 15.1. The summed E-state index contributed by atoms with van der Waals surface area (Å²) in [6.45, 7) is 11.5. The zero-order chi connectivity index (χ0) is 30.8. The molecule has 0 spiro atoms. The lowest BCUT2D eigenvalue weighted by atomic mass is 9.89. The van der Waals surface area contributed by atoms with Gasteiger partial charge in [0.1, 0.15) is 6.17 Å². The van der Waals surface area contributed by atoms with Crippen LogP contribution in [-0.2, 0) is 4.79 Å². The molecule has 1 aliphatic carbocycles. The van der Waals surface area contributed by atoms with Crippen LogP contribution in [0.25, 0.3) is 22.4 Å². The van der Waals surface area contributed by atoms with E-state index in [1.54, 1.807) is 19.3 Å². The van der Waals surface area contributed by atoms with Gasteiger partial charge in [0.25, 0.3) is 0 Å². The number of rotatable bonds is 12. The van der Waals surface area contributed by atoms with E-state index in [2.05, 4.69) is 24.2 Å². The zero-order valence-electron chi connectivity index (χ0n) is 25.6. The number of carbonyl (C=O) groups is 1. The van der Waals surface area contributed by atoms with Gasteiger partial charge in [-0.15, -0.1) is 0 Å². The van der Waals surface area contributed by atoms with Gasteiger partial charge in [0.05, 0.1) is 17.1 Å². The highest BCUT2D eigenvalue weighted by Crippen LogP contribution is 2.32. The molecule has 3 rings (SSSR count). The van der Waals surface area contributed by atoms with Gasteiger partial charge in [-0.25, -0.2) is 9.37 Å². The summed E-state index contributed by atoms with van der Waals surface area (Å²) < 4.78 is 15.1. The number of Topliss-reactive ketones (excluding diaryl/α,β-unsaturated/α-hetero) is 1. The number of allylic oxidation sites excluding steroid dienone is 7. The highest BCUT2D eigenvalue weighted by molar-refractivity contribution is 6.15. The second-order valence-corrected chi connectivity index (χ2v) is 11.1. The second kappa shape index (κ2) is 15.2. The Morgan fingerprint density at radius 3 is 2.62 bits per heavy atom. The molecule has 220 valence electrons. The van der Waals surface area contributed by atoms with Gasteiger partial charge in [0.15, 0.2) is 5.78 Å². The van der Waals surface area contributed by atoms with Crippen LogP contribution >= 0.6 is 0 Å². The van der Waals surface area contributed by atoms with Crippen LogP contribution in [0.15, 0.2) is 90.1 Å². The minimum atomic E-state index is -1.03. The third kappa shape index (κ3) is 8.65. The lowest BCUT2D eigenvalue weighted by Crippen LogP contribution is -2.17. The van der Waals surface area contributed by atoms with Gasteiger partial charge in [-0.1, -0.05) is 55.2 Å². The lowest BCUT2D eigenvalue weighted by Gasteiger charge is -2.19. The van der Waals surface area contributed by atoms with Crippen molar-refractivity contribution in [2.45, 2.75) is 52.1 Å². The van der Waals surface area contributed by atoms with Gasteiger partial charge in [-0.2, -0.15) is 0 Å². The molecular formula is C36H43FN4O. The summed E-state index contributed by atoms with van der Waals surface area (Å²) in [7, 11) is 5.65. The number of hydrogen-bond donors (Lipinski definition) is 1. The number of nitrogens with zero attached hydrogens (tertiary/aromatic N) is 3. The number of alkyl halides is 1. The van der Waals surface area contributed by atoms with E-state index in [0.717, 1.165) is 39.1 Å². The first-order valence-corrected chi connectivity index (χ1v) is 14.4. The predicted molar refractivity (Wildman–Crippen MR) is 176 cm³/mol. The summed E-state index contributed by atoms with van der Waals surface area (Å²) >= 11 is 0. The molecule has 1 aromatic heterocycles. The Balaban J connectivity index is 2.01. The van der Waals surface area contributed by atoms with Gasteiger partial charge < -0.3 is 10.3 Å². The molecule has 0 fully saturated rings. The van der Waals surface area contributed by atoms with Crippen molar-refractivity contribution < 1.29 is 9.18 Å². The molecule has 0 amide bonds. The zero-order valence-corrected chi connectivity index (χ0v) is 25.6. The third-order valence-corrected chi connectivity index (χ3v) is 7.37. The topological polar surface area (TPSA) is 69.4 Å². The van der Waals surface area contributed by atoms with Crippen LogP contribution in [0.3, 0.4) is 0 Å². The van der Waals surface area contributed by atoms with Crippen LogP contribution in [0.5, 0.6) is 0 Å². The average Bonchev–Trinajstić information content (AvgIpc) is 3.15. The quantitative estimate of drug-likeness (QED) is 0.208. The van der Waals surface area contributed by atoms with Crippen LogP contribution in [0.2, 0.25) is 0 Å². The summed E-state index contributed by atoms with van der Waals surface area (Å²) in [4.78, 5) is 23.1. The van der Waals surface area contributed by atoms with E-state index in [-0.39, 0.29) is 18.1 Å². The van der Waals surface area contributed by atoms with Gasteiger partial charge in [0.2, 0.25) is 0 Å². The Bertz CT molecular complexity index is 1460. The smallest absolute Gasteiger partial charge is 0.155 e. The summed E-state index contributed by atoms with van der Waals surface area (Å²) in [5.41, 5.74) is 7.72. The molecule has 0 aliphatic heterocycles. The Morgan fingerprint density at radius 1 is 1.21 bits per heavy atom. The molecule has 1 aliphatic rings. The Kier molecular flexibility index (Phi) is 11.7. The minimum absolute atomic E-state index is 0.0113. The first-order valence-electron chi connectivity index (χ1n) is 14.4. The first kappa shape index (κ1) is 32.3. The fourth-order valence-electron chi connectivity index (χ4n) is 5.22. The standard InChI is InChI=1S/C36H43FN4O/c1-8-26(23-41(6)7)29-10-9-11-30(21-29)35-19-16-32(31(22-39-5)20-24(2)3)36(40-35)34(38)18-15-28-13-12-27(25(4)42)14-17-33(28)37/h8-11,14,16,19-23,28,33,38H,1-2,12-13,15,17-18H2,3-7H3/b26-23+,31-20+,38-34?,39-22?. The molecule has 0 saturated heterocycles. The number of benzene rings is 1. The van der Waals surface area contributed by atoms with Crippen LogP contribution in [0.1, 0.15) is 62.8 Å². The summed E-state index contributed by atoms with van der Waals surface area (Å²) in [5.74, 6) is -0.206. The van der Waals surface area contributed by atoms with E-state index >= 15 is 4.39 Å². The predicted octanol–water partition coefficient (Wildman–Crippen LogP) is 8.30. The van der Waals surface area contributed by atoms with Crippen molar-refractivity contribution in [2.75, 3.05) is 21.1 Å². The maximum atomic E-state index is 15.1. The largest absolute Gasteiger partial charge is 0.383 e. The number of hydrogen-bond acceptors (Lipinski definition) is 5. The van der Waals surface area contributed by atoms with Crippen molar-refractivity contribution in [3.63, 3.8) is 0 Å². The summed E-state index contributed by atoms with van der Waals surface area (Å²) in [5, 5.41) is 9.13. The van der Waals surface area contributed by atoms with Crippen LogP contribution in [-0.4, -0.2) is 54.9 Å². The SMILES string of the molecule is C=C/C(=C\N(C)C)c1cccc(-c2ccc(/C(C=NC)=C/C(=C)C)c(C(=N)CCC3CCC(C(C)=O)=CCC3F)n2)c1. The number of pyridine rings is 1. The van der Waals surface area contributed by atoms with Crippen molar-refractivity contribution in [2.24, 2.45) is 10.9 Å². The monoisotopic (exact) mass is 566 g/mol. The molecular weight excluding hydrogens is 523 g/mol. The number of aromatic nitrogens is 1. The fourth-order valence-corrected chi connectivity index (χ4v) is 5.22. The molecule has 6 heteroatoms.